The van der Waals surface area contributed by atoms with Crippen LogP contribution in [0.3, 0.4) is 0 Å². The smallest absolute Gasteiger partial charge is 0.223 e. The van der Waals surface area contributed by atoms with Gasteiger partial charge in [0.15, 0.2) is 0 Å². The zero-order valence-electron chi connectivity index (χ0n) is 16.4. The van der Waals surface area contributed by atoms with Crippen LogP contribution in [-0.2, 0) is 0 Å². The van der Waals surface area contributed by atoms with E-state index in [1.54, 1.807) is 18.3 Å². The van der Waals surface area contributed by atoms with Gasteiger partial charge in [-0.1, -0.05) is 19.3 Å². The summed E-state index contributed by atoms with van der Waals surface area (Å²) in [7, 11) is 0. The maximum atomic E-state index is 13.5. The summed E-state index contributed by atoms with van der Waals surface area (Å²) in [5.41, 5.74) is 3.39. The van der Waals surface area contributed by atoms with E-state index in [-0.39, 0.29) is 12.4 Å². The van der Waals surface area contributed by atoms with Crippen LogP contribution in [0.2, 0.25) is 0 Å². The van der Waals surface area contributed by atoms with Gasteiger partial charge in [0.1, 0.15) is 5.82 Å². The van der Waals surface area contributed by atoms with Gasteiger partial charge in [0, 0.05) is 31.0 Å². The van der Waals surface area contributed by atoms with E-state index in [0.29, 0.717) is 25.0 Å². The lowest BCUT2D eigenvalue weighted by Gasteiger charge is -2.25. The minimum atomic E-state index is -0.264. The fourth-order valence-corrected chi connectivity index (χ4v) is 3.92. The summed E-state index contributed by atoms with van der Waals surface area (Å²) < 4.78 is 15.7. The van der Waals surface area contributed by atoms with Crippen molar-refractivity contribution in [2.45, 2.75) is 44.6 Å². The molecule has 0 bridgehead atoms. The van der Waals surface area contributed by atoms with E-state index in [1.807, 2.05) is 12.4 Å². The molecular weight excluding hydrogens is 369 g/mol. The molecule has 1 aliphatic carbocycles. The molecule has 0 amide bonds. The zero-order valence-corrected chi connectivity index (χ0v) is 16.4. The van der Waals surface area contributed by atoms with Crippen molar-refractivity contribution in [1.82, 2.24) is 19.5 Å². The highest BCUT2D eigenvalue weighted by atomic mass is 19.1. The average molecular weight is 395 g/mol. The summed E-state index contributed by atoms with van der Waals surface area (Å²) in [4.78, 5) is 13.7. The Morgan fingerprint density at radius 1 is 1.07 bits per heavy atom. The summed E-state index contributed by atoms with van der Waals surface area (Å²) in [5.74, 6) is 0.261. The molecule has 1 aliphatic rings. The molecule has 3 aromatic rings. The predicted molar refractivity (Wildman–Crippen MR) is 111 cm³/mol. The maximum Gasteiger partial charge on any atom is 0.223 e. The van der Waals surface area contributed by atoms with Crippen LogP contribution in [0, 0.1) is 5.82 Å². The van der Waals surface area contributed by atoms with Crippen molar-refractivity contribution in [3.63, 3.8) is 0 Å². The maximum absolute atomic E-state index is 13.5. The minimum Gasteiger partial charge on any atom is -0.396 e. The first-order valence-corrected chi connectivity index (χ1v) is 10.3. The number of nitrogens with zero attached hydrogens (tertiary/aromatic N) is 4. The number of hydrogen-bond acceptors (Lipinski definition) is 5. The lowest BCUT2D eigenvalue weighted by Crippen LogP contribution is -2.14. The largest absolute Gasteiger partial charge is 0.396 e. The molecule has 0 saturated heterocycles. The van der Waals surface area contributed by atoms with Crippen LogP contribution < -0.4 is 5.32 Å². The SMILES string of the molecule is OCCCNc1nccc(-c2c(-c3ccc(F)cc3)ncn2C2CCCCC2)n1. The number of anilines is 1. The number of aliphatic hydroxyl groups excluding tert-OH is 1. The van der Waals surface area contributed by atoms with E-state index < -0.39 is 0 Å². The average Bonchev–Trinajstić information content (AvgIpc) is 3.20. The molecule has 0 atom stereocenters. The Morgan fingerprint density at radius 2 is 1.86 bits per heavy atom. The Bertz CT molecular complexity index is 935. The van der Waals surface area contributed by atoms with Crippen molar-refractivity contribution in [2.24, 2.45) is 0 Å². The van der Waals surface area contributed by atoms with Crippen LogP contribution in [0.25, 0.3) is 22.6 Å². The Hall–Kier alpha value is -2.80. The molecule has 7 heteroatoms. The third-order valence-electron chi connectivity index (χ3n) is 5.40. The van der Waals surface area contributed by atoms with Gasteiger partial charge in [0.2, 0.25) is 5.95 Å². The van der Waals surface area contributed by atoms with Crippen molar-refractivity contribution >= 4 is 5.95 Å². The molecule has 2 heterocycles. The quantitative estimate of drug-likeness (QED) is 0.578. The van der Waals surface area contributed by atoms with Gasteiger partial charge in [-0.2, -0.15) is 0 Å². The van der Waals surface area contributed by atoms with Crippen LogP contribution >= 0.6 is 0 Å². The van der Waals surface area contributed by atoms with Gasteiger partial charge in [-0.25, -0.2) is 19.3 Å². The number of rotatable bonds is 7. The van der Waals surface area contributed by atoms with Gasteiger partial charge in [0.05, 0.1) is 23.4 Å². The molecule has 4 rings (SSSR count). The first-order valence-electron chi connectivity index (χ1n) is 10.3. The number of benzene rings is 1. The fourth-order valence-electron chi connectivity index (χ4n) is 3.92. The van der Waals surface area contributed by atoms with Gasteiger partial charge >= 0.3 is 0 Å². The second kappa shape index (κ2) is 9.13. The Balaban J connectivity index is 1.76. The molecule has 2 aromatic heterocycles. The van der Waals surface area contributed by atoms with E-state index in [1.165, 1.54) is 31.4 Å². The second-order valence-corrected chi connectivity index (χ2v) is 7.42. The topological polar surface area (TPSA) is 75.9 Å². The van der Waals surface area contributed by atoms with Crippen LogP contribution in [0.4, 0.5) is 10.3 Å². The monoisotopic (exact) mass is 395 g/mol. The third kappa shape index (κ3) is 4.45. The molecule has 29 heavy (non-hydrogen) atoms. The van der Waals surface area contributed by atoms with Gasteiger partial charge in [-0.15, -0.1) is 0 Å². The molecule has 1 fully saturated rings. The van der Waals surface area contributed by atoms with Crippen molar-refractivity contribution in [3.05, 3.63) is 48.7 Å². The first-order chi connectivity index (χ1) is 14.3. The highest BCUT2D eigenvalue weighted by molar-refractivity contribution is 5.77. The van der Waals surface area contributed by atoms with Crippen LogP contribution in [-0.4, -0.2) is 37.8 Å². The summed E-state index contributed by atoms with van der Waals surface area (Å²) in [6.45, 7) is 0.725. The zero-order chi connectivity index (χ0) is 20.1. The van der Waals surface area contributed by atoms with E-state index in [9.17, 15) is 4.39 Å². The first kappa shape index (κ1) is 19.5. The summed E-state index contributed by atoms with van der Waals surface area (Å²) >= 11 is 0. The summed E-state index contributed by atoms with van der Waals surface area (Å²) in [6.07, 6.45) is 10.2. The van der Waals surface area contributed by atoms with Crippen LogP contribution in [0.15, 0.2) is 42.9 Å². The number of imidazole rings is 1. The van der Waals surface area contributed by atoms with Crippen molar-refractivity contribution in [3.8, 4) is 22.6 Å². The van der Waals surface area contributed by atoms with Crippen molar-refractivity contribution in [2.75, 3.05) is 18.5 Å². The number of nitrogens with one attached hydrogen (secondary N) is 1. The molecule has 0 spiro atoms. The molecular formula is C22H26FN5O. The molecule has 0 radical (unpaired) electrons. The number of aromatic nitrogens is 4. The van der Waals surface area contributed by atoms with Crippen molar-refractivity contribution in [1.29, 1.82) is 0 Å². The van der Waals surface area contributed by atoms with E-state index in [4.69, 9.17) is 15.1 Å². The Kier molecular flexibility index (Phi) is 6.14. The highest BCUT2D eigenvalue weighted by Gasteiger charge is 2.23. The van der Waals surface area contributed by atoms with E-state index in [0.717, 1.165) is 35.5 Å². The van der Waals surface area contributed by atoms with Crippen molar-refractivity contribution < 1.29 is 9.50 Å². The molecule has 1 aromatic carbocycles. The highest BCUT2D eigenvalue weighted by Crippen LogP contribution is 2.37. The van der Waals surface area contributed by atoms with Gasteiger partial charge in [-0.05, 0) is 49.6 Å². The minimum absolute atomic E-state index is 0.121. The van der Waals surface area contributed by atoms with E-state index >= 15 is 0 Å². The lowest BCUT2D eigenvalue weighted by atomic mass is 9.95. The molecule has 6 nitrogen and oxygen atoms in total. The molecule has 152 valence electrons. The number of hydrogen-bond donors (Lipinski definition) is 2. The Labute approximate surface area is 169 Å². The van der Waals surface area contributed by atoms with Gasteiger partial charge < -0.3 is 15.0 Å². The van der Waals surface area contributed by atoms with Gasteiger partial charge in [-0.3, -0.25) is 0 Å². The normalized spacial score (nSPS) is 14.8. The Morgan fingerprint density at radius 3 is 2.62 bits per heavy atom. The molecule has 1 saturated carbocycles. The van der Waals surface area contributed by atoms with E-state index in [2.05, 4.69) is 14.9 Å². The second-order valence-electron chi connectivity index (χ2n) is 7.42. The number of aliphatic hydroxyl groups is 1. The number of halogens is 1. The molecule has 0 unspecified atom stereocenters. The molecule has 0 aliphatic heterocycles. The summed E-state index contributed by atoms with van der Waals surface area (Å²) in [6, 6.07) is 8.71. The van der Waals surface area contributed by atoms with Crippen LogP contribution in [0.1, 0.15) is 44.6 Å². The van der Waals surface area contributed by atoms with Crippen LogP contribution in [0.5, 0.6) is 0 Å². The molecule has 2 N–H and O–H groups in total. The predicted octanol–water partition coefficient (Wildman–Crippen LogP) is 4.45. The fraction of sp³-hybridized carbons (Fsp3) is 0.409. The summed E-state index contributed by atoms with van der Waals surface area (Å²) in [5, 5.41) is 12.1. The van der Waals surface area contributed by atoms with Gasteiger partial charge in [0.25, 0.3) is 0 Å². The lowest BCUT2D eigenvalue weighted by molar-refractivity contribution is 0.292. The third-order valence-corrected chi connectivity index (χ3v) is 5.40. The standard InChI is InChI=1S/C22H26FN5O/c23-17-9-7-16(8-10-17)20-21(28(15-26-20)18-5-2-1-3-6-18)19-11-13-25-22(27-19)24-12-4-14-29/h7-11,13,15,18,29H,1-6,12,14H2,(H,24,25,27).